The predicted octanol–water partition coefficient (Wildman–Crippen LogP) is 2.56. The highest BCUT2D eigenvalue weighted by molar-refractivity contribution is 6.06. The number of amides is 1. The van der Waals surface area contributed by atoms with Crippen molar-refractivity contribution in [1.82, 2.24) is 14.8 Å². The van der Waals surface area contributed by atoms with Crippen LogP contribution in [0.1, 0.15) is 28.0 Å². The number of aromatic nitrogens is 1. The van der Waals surface area contributed by atoms with Crippen LogP contribution in [0.2, 0.25) is 0 Å². The van der Waals surface area contributed by atoms with Crippen LogP contribution in [0.4, 0.5) is 0 Å². The van der Waals surface area contributed by atoms with E-state index in [-0.39, 0.29) is 5.91 Å². The normalized spacial score (nSPS) is 17.2. The van der Waals surface area contributed by atoms with E-state index in [4.69, 9.17) is 0 Å². The maximum Gasteiger partial charge on any atom is 0.256 e. The zero-order valence-electron chi connectivity index (χ0n) is 13.1. The number of fused-ring (bicyclic) bond motifs is 1. The van der Waals surface area contributed by atoms with Crippen LogP contribution in [-0.2, 0) is 0 Å². The summed E-state index contributed by atoms with van der Waals surface area (Å²) in [7, 11) is 2.12. The van der Waals surface area contributed by atoms with E-state index < -0.39 is 0 Å². The lowest BCUT2D eigenvalue weighted by molar-refractivity contribution is 0.0764. The summed E-state index contributed by atoms with van der Waals surface area (Å²) in [5.74, 6) is 0.150. The molecule has 0 radical (unpaired) electrons. The molecule has 1 saturated heterocycles. The maximum atomic E-state index is 12.9. The van der Waals surface area contributed by atoms with E-state index in [1.807, 2.05) is 17.0 Å². The topological polar surface area (TPSA) is 39.3 Å². The summed E-state index contributed by atoms with van der Waals surface area (Å²) >= 11 is 0. The van der Waals surface area contributed by atoms with E-state index in [2.05, 4.69) is 36.8 Å². The summed E-state index contributed by atoms with van der Waals surface area (Å²) in [6.45, 7) is 7.83. The summed E-state index contributed by atoms with van der Waals surface area (Å²) < 4.78 is 0. The maximum absolute atomic E-state index is 12.9. The molecule has 1 amide bonds. The number of carbonyl (C=O) groups excluding carboxylic acids is 1. The Balaban J connectivity index is 1.96. The largest absolute Gasteiger partial charge is 0.358 e. The van der Waals surface area contributed by atoms with Crippen molar-refractivity contribution in [2.24, 2.45) is 0 Å². The lowest BCUT2D eigenvalue weighted by Crippen LogP contribution is -2.34. The molecule has 1 fully saturated rings. The minimum atomic E-state index is 0.150. The molecular weight excluding hydrogens is 262 g/mol. The molecule has 1 aliphatic rings. The van der Waals surface area contributed by atoms with E-state index in [1.165, 1.54) is 5.56 Å². The molecule has 0 unspecified atom stereocenters. The number of benzene rings is 1. The number of hydrogen-bond acceptors (Lipinski definition) is 2. The van der Waals surface area contributed by atoms with E-state index in [0.717, 1.165) is 54.8 Å². The first-order valence-electron chi connectivity index (χ1n) is 7.63. The van der Waals surface area contributed by atoms with Gasteiger partial charge in [0.1, 0.15) is 0 Å². The number of carbonyl (C=O) groups is 1. The van der Waals surface area contributed by atoms with Gasteiger partial charge in [-0.15, -0.1) is 0 Å². The molecule has 1 aliphatic heterocycles. The van der Waals surface area contributed by atoms with Crippen molar-refractivity contribution in [3.8, 4) is 0 Å². The molecular formula is C17H23N3O. The average molecular weight is 285 g/mol. The second-order valence-electron chi connectivity index (χ2n) is 6.05. The second kappa shape index (κ2) is 5.53. The Morgan fingerprint density at radius 1 is 1.14 bits per heavy atom. The van der Waals surface area contributed by atoms with Gasteiger partial charge >= 0.3 is 0 Å². The minimum Gasteiger partial charge on any atom is -0.358 e. The number of para-hydroxylation sites is 1. The first kappa shape index (κ1) is 14.1. The Hall–Kier alpha value is -1.81. The summed E-state index contributed by atoms with van der Waals surface area (Å²) in [6.07, 6.45) is 1.04. The predicted molar refractivity (Wildman–Crippen MR) is 85.8 cm³/mol. The van der Waals surface area contributed by atoms with Gasteiger partial charge in [-0.05, 0) is 45.5 Å². The number of aryl methyl sites for hydroxylation is 2. The number of aromatic amines is 1. The molecule has 1 aromatic carbocycles. The fourth-order valence-electron chi connectivity index (χ4n) is 3.08. The summed E-state index contributed by atoms with van der Waals surface area (Å²) in [5, 5.41) is 1.16. The molecule has 2 heterocycles. The van der Waals surface area contributed by atoms with Gasteiger partial charge in [-0.2, -0.15) is 0 Å². The van der Waals surface area contributed by atoms with E-state index in [0.29, 0.717) is 0 Å². The van der Waals surface area contributed by atoms with Crippen molar-refractivity contribution < 1.29 is 4.79 Å². The molecule has 0 spiro atoms. The number of hydrogen-bond donors (Lipinski definition) is 1. The fourth-order valence-corrected chi connectivity index (χ4v) is 3.08. The van der Waals surface area contributed by atoms with Gasteiger partial charge < -0.3 is 14.8 Å². The number of H-pyrrole nitrogens is 1. The van der Waals surface area contributed by atoms with Crippen LogP contribution >= 0.6 is 0 Å². The smallest absolute Gasteiger partial charge is 0.256 e. The van der Waals surface area contributed by atoms with Gasteiger partial charge in [0.05, 0.1) is 11.1 Å². The van der Waals surface area contributed by atoms with Gasteiger partial charge in [-0.3, -0.25) is 4.79 Å². The highest BCUT2D eigenvalue weighted by atomic mass is 16.2. The van der Waals surface area contributed by atoms with Gasteiger partial charge in [0, 0.05) is 30.7 Å². The molecule has 21 heavy (non-hydrogen) atoms. The van der Waals surface area contributed by atoms with Gasteiger partial charge in [0.25, 0.3) is 5.91 Å². The first-order chi connectivity index (χ1) is 10.1. The molecule has 1 aromatic heterocycles. The van der Waals surface area contributed by atoms with Gasteiger partial charge in [0.2, 0.25) is 0 Å². The number of nitrogens with zero attached hydrogens (tertiary/aromatic N) is 2. The highest BCUT2D eigenvalue weighted by Crippen LogP contribution is 2.25. The molecule has 4 nitrogen and oxygen atoms in total. The zero-order valence-corrected chi connectivity index (χ0v) is 13.1. The Morgan fingerprint density at radius 3 is 2.76 bits per heavy atom. The quantitative estimate of drug-likeness (QED) is 0.874. The molecule has 4 heteroatoms. The lowest BCUT2D eigenvalue weighted by Gasteiger charge is -2.21. The van der Waals surface area contributed by atoms with Gasteiger partial charge in [-0.1, -0.05) is 12.1 Å². The van der Waals surface area contributed by atoms with E-state index in [1.54, 1.807) is 0 Å². The second-order valence-corrected chi connectivity index (χ2v) is 6.05. The SMILES string of the molecule is Cc1[nH]c2c(C(=O)N3CCCN(C)CC3)cccc2c1C. The monoisotopic (exact) mass is 285 g/mol. The van der Waals surface area contributed by atoms with Crippen LogP contribution in [0.5, 0.6) is 0 Å². The van der Waals surface area contributed by atoms with Crippen LogP contribution in [0.25, 0.3) is 10.9 Å². The summed E-state index contributed by atoms with van der Waals surface area (Å²) in [5.41, 5.74) is 4.15. The van der Waals surface area contributed by atoms with Gasteiger partial charge in [0.15, 0.2) is 0 Å². The Morgan fingerprint density at radius 2 is 1.95 bits per heavy atom. The van der Waals surface area contributed by atoms with E-state index >= 15 is 0 Å². The summed E-state index contributed by atoms with van der Waals surface area (Å²) in [6, 6.07) is 6.01. The van der Waals surface area contributed by atoms with Crippen LogP contribution < -0.4 is 0 Å². The van der Waals surface area contributed by atoms with Crippen molar-refractivity contribution in [2.75, 3.05) is 33.2 Å². The molecule has 1 N–H and O–H groups in total. The standard InChI is InChI=1S/C17H23N3O/c1-12-13(2)18-16-14(12)6-4-7-15(16)17(21)20-9-5-8-19(3)10-11-20/h4,6-7,18H,5,8-11H2,1-3H3. The molecule has 2 aromatic rings. The van der Waals surface area contributed by atoms with Crippen molar-refractivity contribution in [1.29, 1.82) is 0 Å². The Kier molecular flexibility index (Phi) is 3.72. The third kappa shape index (κ3) is 2.56. The number of rotatable bonds is 1. The van der Waals surface area contributed by atoms with Crippen molar-refractivity contribution >= 4 is 16.8 Å². The van der Waals surface area contributed by atoms with Crippen LogP contribution in [0.3, 0.4) is 0 Å². The average Bonchev–Trinajstić information content (AvgIpc) is 2.65. The summed E-state index contributed by atoms with van der Waals surface area (Å²) in [4.78, 5) is 20.5. The van der Waals surface area contributed by atoms with E-state index in [9.17, 15) is 4.79 Å². The fraction of sp³-hybridized carbons (Fsp3) is 0.471. The molecule has 112 valence electrons. The van der Waals surface area contributed by atoms with Gasteiger partial charge in [-0.25, -0.2) is 0 Å². The third-order valence-corrected chi connectivity index (χ3v) is 4.58. The Bertz CT molecular complexity index is 674. The molecule has 0 aliphatic carbocycles. The third-order valence-electron chi connectivity index (χ3n) is 4.58. The van der Waals surface area contributed by atoms with Crippen LogP contribution in [0, 0.1) is 13.8 Å². The highest BCUT2D eigenvalue weighted by Gasteiger charge is 2.21. The molecule has 0 saturated carbocycles. The minimum absolute atomic E-state index is 0.150. The molecule has 0 atom stereocenters. The first-order valence-corrected chi connectivity index (χ1v) is 7.63. The lowest BCUT2D eigenvalue weighted by atomic mass is 10.1. The van der Waals surface area contributed by atoms with Crippen molar-refractivity contribution in [3.05, 3.63) is 35.0 Å². The number of likely N-dealkylation sites (N-methyl/N-ethyl adjacent to an activating group) is 1. The molecule has 3 rings (SSSR count). The van der Waals surface area contributed by atoms with Crippen molar-refractivity contribution in [3.63, 3.8) is 0 Å². The molecule has 0 bridgehead atoms. The zero-order chi connectivity index (χ0) is 15.0. The van der Waals surface area contributed by atoms with Crippen molar-refractivity contribution in [2.45, 2.75) is 20.3 Å². The number of nitrogens with one attached hydrogen (secondary N) is 1. The Labute approximate surface area is 125 Å². The van der Waals surface area contributed by atoms with Crippen LogP contribution in [0.15, 0.2) is 18.2 Å². The van der Waals surface area contributed by atoms with Crippen LogP contribution in [-0.4, -0.2) is 53.9 Å².